The van der Waals surface area contributed by atoms with Crippen LogP contribution in [0.4, 0.5) is 19.0 Å². The van der Waals surface area contributed by atoms with Crippen molar-refractivity contribution >= 4 is 27.7 Å². The van der Waals surface area contributed by atoms with Gasteiger partial charge in [0.2, 0.25) is 0 Å². The molecule has 0 aliphatic carbocycles. The molecule has 0 bridgehead atoms. The number of hydrogen-bond acceptors (Lipinski definition) is 2. The van der Waals surface area contributed by atoms with Gasteiger partial charge in [-0.25, -0.2) is 0 Å². The number of benzene rings is 1. The number of hydrogen-bond donors (Lipinski definition) is 1. The minimum Gasteiger partial charge on any atom is -0.305 e. The Hall–Kier alpha value is -1.83. The maximum atomic E-state index is 12.9. The monoisotopic (exact) mass is 347 g/mol. The Morgan fingerprint density at radius 3 is 2.60 bits per heavy atom. The number of alkyl halides is 3. The Morgan fingerprint density at radius 2 is 2.05 bits per heavy atom. The summed E-state index contributed by atoms with van der Waals surface area (Å²) in [5.74, 6) is -0.669. The third-order valence-electron chi connectivity index (χ3n) is 2.49. The first-order valence-electron chi connectivity index (χ1n) is 5.45. The number of carbonyl (C=O) groups excluding carboxylic acids is 1. The Bertz CT molecular complexity index is 652. The van der Waals surface area contributed by atoms with E-state index in [9.17, 15) is 18.0 Å². The summed E-state index contributed by atoms with van der Waals surface area (Å²) in [6, 6.07) is 4.85. The molecule has 1 aromatic heterocycles. The van der Waals surface area contributed by atoms with Gasteiger partial charge in [0.15, 0.2) is 5.82 Å². The quantitative estimate of drug-likeness (QED) is 0.904. The number of halogens is 4. The second-order valence-corrected chi connectivity index (χ2v) is 4.93. The highest BCUT2D eigenvalue weighted by Crippen LogP contribution is 2.34. The van der Waals surface area contributed by atoms with Crippen molar-refractivity contribution in [3.8, 4) is 0 Å². The number of nitrogens with one attached hydrogen (secondary N) is 1. The summed E-state index contributed by atoms with van der Waals surface area (Å²) in [7, 11) is 1.64. The van der Waals surface area contributed by atoms with Gasteiger partial charge in [0.05, 0.1) is 11.1 Å². The number of amides is 1. The van der Waals surface area contributed by atoms with Crippen molar-refractivity contribution in [1.82, 2.24) is 9.78 Å². The molecule has 0 aliphatic heterocycles. The average Bonchev–Trinajstić information content (AvgIpc) is 2.73. The first-order chi connectivity index (χ1) is 9.27. The number of carbonyl (C=O) groups is 1. The van der Waals surface area contributed by atoms with Gasteiger partial charge in [-0.3, -0.25) is 9.48 Å². The van der Waals surface area contributed by atoms with E-state index in [-0.39, 0.29) is 10.3 Å². The van der Waals surface area contributed by atoms with E-state index in [1.54, 1.807) is 13.2 Å². The molecule has 1 N–H and O–H groups in total. The molecule has 0 atom stereocenters. The smallest absolute Gasteiger partial charge is 0.305 e. The molecule has 4 nitrogen and oxygen atoms in total. The Labute approximate surface area is 120 Å². The zero-order valence-corrected chi connectivity index (χ0v) is 11.8. The molecule has 8 heteroatoms. The highest BCUT2D eigenvalue weighted by molar-refractivity contribution is 9.10. The second kappa shape index (κ2) is 5.28. The van der Waals surface area contributed by atoms with E-state index >= 15 is 0 Å². The lowest BCUT2D eigenvalue weighted by Crippen LogP contribution is -2.19. The first kappa shape index (κ1) is 14.6. The highest BCUT2D eigenvalue weighted by atomic mass is 79.9. The van der Waals surface area contributed by atoms with Crippen molar-refractivity contribution in [2.75, 3.05) is 5.32 Å². The summed E-state index contributed by atoms with van der Waals surface area (Å²) >= 11 is 2.96. The fraction of sp³-hybridized carbons (Fsp3) is 0.167. The van der Waals surface area contributed by atoms with Crippen LogP contribution < -0.4 is 5.32 Å². The minimum absolute atomic E-state index is 0.188. The summed E-state index contributed by atoms with van der Waals surface area (Å²) in [5, 5.41) is 6.20. The zero-order valence-electron chi connectivity index (χ0n) is 10.2. The summed E-state index contributed by atoms with van der Waals surface area (Å²) in [6.07, 6.45) is -3.04. The van der Waals surface area contributed by atoms with Gasteiger partial charge in [-0.05, 0) is 18.2 Å². The number of anilines is 1. The molecule has 1 aromatic carbocycles. The molecule has 0 unspecified atom stereocenters. The van der Waals surface area contributed by atoms with Crippen LogP contribution >= 0.6 is 15.9 Å². The number of nitrogens with zero attached hydrogens (tertiary/aromatic N) is 2. The average molecular weight is 348 g/mol. The summed E-state index contributed by atoms with van der Waals surface area (Å²) < 4.78 is 40.4. The summed E-state index contributed by atoms with van der Waals surface area (Å²) in [6.45, 7) is 0. The van der Waals surface area contributed by atoms with E-state index in [1.807, 2.05) is 0 Å². The molecule has 106 valence electrons. The van der Waals surface area contributed by atoms with Gasteiger partial charge in [-0.1, -0.05) is 15.9 Å². The molecule has 1 amide bonds. The molecule has 0 aliphatic rings. The van der Waals surface area contributed by atoms with Gasteiger partial charge in [-0.15, -0.1) is 0 Å². The first-order valence-corrected chi connectivity index (χ1v) is 6.24. The van der Waals surface area contributed by atoms with E-state index in [0.717, 1.165) is 12.1 Å². The largest absolute Gasteiger partial charge is 0.417 e. The molecular weight excluding hydrogens is 339 g/mol. The van der Waals surface area contributed by atoms with Crippen molar-refractivity contribution in [3.05, 3.63) is 46.1 Å². The van der Waals surface area contributed by atoms with Crippen molar-refractivity contribution in [2.24, 2.45) is 7.05 Å². The Balaban J connectivity index is 2.34. The molecule has 0 spiro atoms. The van der Waals surface area contributed by atoms with Gasteiger partial charge in [0.1, 0.15) is 0 Å². The van der Waals surface area contributed by atoms with Crippen LogP contribution in [0.15, 0.2) is 34.9 Å². The van der Waals surface area contributed by atoms with Gasteiger partial charge >= 0.3 is 6.18 Å². The zero-order chi connectivity index (χ0) is 14.9. The molecule has 0 saturated heterocycles. The van der Waals surface area contributed by atoms with Gasteiger partial charge < -0.3 is 5.32 Å². The second-order valence-electron chi connectivity index (χ2n) is 4.02. The van der Waals surface area contributed by atoms with E-state index in [0.29, 0.717) is 0 Å². The SMILES string of the molecule is Cn1ccc(NC(=O)c2ccc(Br)cc2C(F)(F)F)n1. The van der Waals surface area contributed by atoms with Crippen LogP contribution in [0.1, 0.15) is 15.9 Å². The fourth-order valence-electron chi connectivity index (χ4n) is 1.61. The lowest BCUT2D eigenvalue weighted by atomic mass is 10.1. The van der Waals surface area contributed by atoms with Crippen LogP contribution in [0.3, 0.4) is 0 Å². The van der Waals surface area contributed by atoms with E-state index in [4.69, 9.17) is 0 Å². The number of rotatable bonds is 2. The van der Waals surface area contributed by atoms with Crippen LogP contribution in [0.25, 0.3) is 0 Å². The van der Waals surface area contributed by atoms with E-state index in [1.165, 1.54) is 16.8 Å². The van der Waals surface area contributed by atoms with Crippen molar-refractivity contribution in [3.63, 3.8) is 0 Å². The maximum absolute atomic E-state index is 12.9. The van der Waals surface area contributed by atoms with Crippen LogP contribution in [-0.2, 0) is 13.2 Å². The molecule has 0 saturated carbocycles. The van der Waals surface area contributed by atoms with Crippen molar-refractivity contribution < 1.29 is 18.0 Å². The topological polar surface area (TPSA) is 46.9 Å². The van der Waals surface area contributed by atoms with E-state index in [2.05, 4.69) is 26.3 Å². The third-order valence-corrected chi connectivity index (χ3v) is 2.98. The van der Waals surface area contributed by atoms with Crippen molar-refractivity contribution in [2.45, 2.75) is 6.18 Å². The highest BCUT2D eigenvalue weighted by Gasteiger charge is 2.35. The van der Waals surface area contributed by atoms with E-state index < -0.39 is 23.2 Å². The molecular formula is C12H9BrF3N3O. The Morgan fingerprint density at radius 1 is 1.35 bits per heavy atom. The minimum atomic E-state index is -4.61. The summed E-state index contributed by atoms with van der Waals surface area (Å²) in [4.78, 5) is 11.9. The van der Waals surface area contributed by atoms with Gasteiger partial charge in [0.25, 0.3) is 5.91 Å². The molecule has 0 fully saturated rings. The molecule has 2 aromatic rings. The maximum Gasteiger partial charge on any atom is 0.417 e. The third kappa shape index (κ3) is 3.19. The van der Waals surface area contributed by atoms with Crippen LogP contribution in [-0.4, -0.2) is 15.7 Å². The predicted molar refractivity (Wildman–Crippen MR) is 70.3 cm³/mol. The summed E-state index contributed by atoms with van der Waals surface area (Å²) in [5.41, 5.74) is -1.45. The molecule has 1 heterocycles. The van der Waals surface area contributed by atoms with Gasteiger partial charge in [0, 0.05) is 23.8 Å². The van der Waals surface area contributed by atoms with Crippen LogP contribution in [0, 0.1) is 0 Å². The normalized spacial score (nSPS) is 11.4. The lowest BCUT2D eigenvalue weighted by molar-refractivity contribution is -0.137. The Kier molecular flexibility index (Phi) is 3.85. The number of aromatic nitrogens is 2. The number of aryl methyl sites for hydroxylation is 1. The molecule has 2 rings (SSSR count). The fourth-order valence-corrected chi connectivity index (χ4v) is 1.98. The standard InChI is InChI=1S/C12H9BrF3N3O/c1-19-5-4-10(18-19)17-11(20)8-3-2-7(13)6-9(8)12(14,15)16/h2-6H,1H3,(H,17,18,20). The van der Waals surface area contributed by atoms with Crippen molar-refractivity contribution in [1.29, 1.82) is 0 Å². The molecule has 0 radical (unpaired) electrons. The van der Waals surface area contributed by atoms with Gasteiger partial charge in [-0.2, -0.15) is 18.3 Å². The van der Waals surface area contributed by atoms with Crippen LogP contribution in [0.5, 0.6) is 0 Å². The predicted octanol–water partition coefficient (Wildman–Crippen LogP) is 3.45. The molecule has 20 heavy (non-hydrogen) atoms. The lowest BCUT2D eigenvalue weighted by Gasteiger charge is -2.12. The van der Waals surface area contributed by atoms with Crippen LogP contribution in [0.2, 0.25) is 0 Å².